The van der Waals surface area contributed by atoms with Gasteiger partial charge in [-0.1, -0.05) is 18.2 Å². The lowest BCUT2D eigenvalue weighted by molar-refractivity contribution is 0.102. The number of rotatable bonds is 5. The van der Waals surface area contributed by atoms with Gasteiger partial charge in [-0.25, -0.2) is 8.42 Å². The molecule has 0 aliphatic carbocycles. The second-order valence-corrected chi connectivity index (χ2v) is 8.64. The number of ether oxygens (including phenoxy) is 1. The Morgan fingerprint density at radius 2 is 1.70 bits per heavy atom. The molecule has 0 spiro atoms. The van der Waals surface area contributed by atoms with Gasteiger partial charge in [-0.05, 0) is 62.4 Å². The van der Waals surface area contributed by atoms with E-state index in [1.165, 1.54) is 4.31 Å². The molecule has 30 heavy (non-hydrogen) atoms. The highest BCUT2D eigenvalue weighted by Crippen LogP contribution is 2.43. The quantitative estimate of drug-likeness (QED) is 0.655. The summed E-state index contributed by atoms with van der Waals surface area (Å²) in [5.74, 6) is 0.470. The van der Waals surface area contributed by atoms with Crippen LogP contribution in [0.3, 0.4) is 0 Å². The summed E-state index contributed by atoms with van der Waals surface area (Å²) >= 11 is 0. The Labute approximate surface area is 176 Å². The number of anilines is 2. The minimum absolute atomic E-state index is 0.253. The van der Waals surface area contributed by atoms with Gasteiger partial charge in [0.1, 0.15) is 5.75 Å². The van der Waals surface area contributed by atoms with Crippen molar-refractivity contribution >= 4 is 27.3 Å². The van der Waals surface area contributed by atoms with E-state index in [-0.39, 0.29) is 10.8 Å². The van der Waals surface area contributed by atoms with E-state index in [9.17, 15) is 13.2 Å². The summed E-state index contributed by atoms with van der Waals surface area (Å²) < 4.78 is 32.7. The van der Waals surface area contributed by atoms with Gasteiger partial charge in [0.05, 0.1) is 17.2 Å². The largest absolute Gasteiger partial charge is 0.494 e. The summed E-state index contributed by atoms with van der Waals surface area (Å²) in [7, 11) is -3.62. The summed E-state index contributed by atoms with van der Waals surface area (Å²) in [5.41, 5.74) is 3.01. The van der Waals surface area contributed by atoms with Gasteiger partial charge in [0, 0.05) is 28.9 Å². The molecule has 154 valence electrons. The average molecular weight is 423 g/mol. The topological polar surface area (TPSA) is 75.7 Å². The van der Waals surface area contributed by atoms with Crippen molar-refractivity contribution in [2.75, 3.05) is 22.8 Å². The number of fused-ring (bicyclic) bond motifs is 3. The zero-order valence-corrected chi connectivity index (χ0v) is 17.6. The molecule has 0 saturated heterocycles. The predicted octanol–water partition coefficient (Wildman–Crippen LogP) is 4.53. The maximum absolute atomic E-state index is 13.0. The molecular weight excluding hydrogens is 400 g/mol. The van der Waals surface area contributed by atoms with E-state index in [2.05, 4.69) is 5.32 Å². The van der Waals surface area contributed by atoms with Crippen molar-refractivity contribution in [2.24, 2.45) is 0 Å². The van der Waals surface area contributed by atoms with E-state index in [1.54, 1.807) is 73.7 Å². The van der Waals surface area contributed by atoms with E-state index >= 15 is 0 Å². The van der Waals surface area contributed by atoms with Crippen LogP contribution < -0.4 is 14.4 Å². The maximum Gasteiger partial charge on any atom is 0.264 e. The highest BCUT2D eigenvalue weighted by atomic mass is 32.2. The van der Waals surface area contributed by atoms with Crippen LogP contribution in [0, 0.1) is 0 Å². The van der Waals surface area contributed by atoms with E-state index < -0.39 is 10.0 Å². The van der Waals surface area contributed by atoms with Crippen LogP contribution in [-0.4, -0.2) is 27.5 Å². The van der Waals surface area contributed by atoms with Crippen LogP contribution in [0.15, 0.2) is 71.6 Å². The molecule has 0 bridgehead atoms. The molecular formula is C23H22N2O4S. The third-order valence-electron chi connectivity index (χ3n) is 4.98. The van der Waals surface area contributed by atoms with E-state index in [0.29, 0.717) is 35.7 Å². The zero-order valence-electron chi connectivity index (χ0n) is 16.8. The SMILES string of the molecule is CCOc1ccc(NC(=O)c2ccc3c(c2)-c2ccccc2S(=O)(=O)N3CC)cc1. The molecule has 3 aromatic carbocycles. The molecule has 1 aliphatic rings. The van der Waals surface area contributed by atoms with Crippen molar-refractivity contribution in [3.05, 3.63) is 72.3 Å². The first-order chi connectivity index (χ1) is 14.5. The molecule has 1 aliphatic heterocycles. The fraction of sp³-hybridized carbons (Fsp3) is 0.174. The Morgan fingerprint density at radius 1 is 0.967 bits per heavy atom. The Hall–Kier alpha value is -3.32. The number of nitrogens with zero attached hydrogens (tertiary/aromatic N) is 1. The first-order valence-corrected chi connectivity index (χ1v) is 11.2. The van der Waals surface area contributed by atoms with Crippen molar-refractivity contribution in [3.63, 3.8) is 0 Å². The van der Waals surface area contributed by atoms with Gasteiger partial charge < -0.3 is 10.1 Å². The van der Waals surface area contributed by atoms with Gasteiger partial charge in [-0.15, -0.1) is 0 Å². The number of amides is 1. The van der Waals surface area contributed by atoms with Crippen LogP contribution >= 0.6 is 0 Å². The molecule has 0 unspecified atom stereocenters. The van der Waals surface area contributed by atoms with Crippen molar-refractivity contribution in [2.45, 2.75) is 18.7 Å². The van der Waals surface area contributed by atoms with Crippen molar-refractivity contribution < 1.29 is 17.9 Å². The van der Waals surface area contributed by atoms with Crippen molar-refractivity contribution in [3.8, 4) is 16.9 Å². The minimum atomic E-state index is -3.62. The Kier molecular flexibility index (Phi) is 5.22. The monoisotopic (exact) mass is 422 g/mol. The van der Waals surface area contributed by atoms with Crippen molar-refractivity contribution in [1.82, 2.24) is 0 Å². The fourth-order valence-electron chi connectivity index (χ4n) is 3.62. The van der Waals surface area contributed by atoms with Crippen molar-refractivity contribution in [1.29, 1.82) is 0 Å². The maximum atomic E-state index is 13.0. The molecule has 7 heteroatoms. The molecule has 3 aromatic rings. The van der Waals surface area contributed by atoms with Gasteiger partial charge in [-0.3, -0.25) is 9.10 Å². The van der Waals surface area contributed by atoms with E-state index in [1.807, 2.05) is 6.92 Å². The summed E-state index contributed by atoms with van der Waals surface area (Å²) in [6, 6.07) is 19.1. The van der Waals surface area contributed by atoms with Crippen LogP contribution in [0.4, 0.5) is 11.4 Å². The molecule has 0 saturated carbocycles. The number of hydrogen-bond donors (Lipinski definition) is 1. The van der Waals surface area contributed by atoms with Gasteiger partial charge in [0.15, 0.2) is 0 Å². The zero-order chi connectivity index (χ0) is 21.3. The smallest absolute Gasteiger partial charge is 0.264 e. The molecule has 6 nitrogen and oxygen atoms in total. The first kappa shape index (κ1) is 20.0. The summed E-state index contributed by atoms with van der Waals surface area (Å²) in [6.07, 6.45) is 0. The molecule has 4 rings (SSSR count). The van der Waals surface area contributed by atoms with Gasteiger partial charge in [-0.2, -0.15) is 0 Å². The van der Waals surface area contributed by atoms with Crippen LogP contribution in [-0.2, 0) is 10.0 Å². The fourth-order valence-corrected chi connectivity index (χ4v) is 5.32. The summed E-state index contributed by atoms with van der Waals surface area (Å²) in [6.45, 7) is 4.59. The predicted molar refractivity (Wildman–Crippen MR) is 118 cm³/mol. The lowest BCUT2D eigenvalue weighted by atomic mass is 10.00. The summed E-state index contributed by atoms with van der Waals surface area (Å²) in [4.78, 5) is 13.1. The molecule has 0 fully saturated rings. The van der Waals surface area contributed by atoms with Gasteiger partial charge in [0.2, 0.25) is 0 Å². The Morgan fingerprint density at radius 3 is 2.40 bits per heavy atom. The number of carbonyl (C=O) groups excluding carboxylic acids is 1. The minimum Gasteiger partial charge on any atom is -0.494 e. The van der Waals surface area contributed by atoms with Gasteiger partial charge >= 0.3 is 0 Å². The number of carbonyl (C=O) groups is 1. The number of nitrogens with one attached hydrogen (secondary N) is 1. The van der Waals surface area contributed by atoms with Crippen LogP contribution in [0.1, 0.15) is 24.2 Å². The second-order valence-electron chi connectivity index (χ2n) is 6.81. The standard InChI is InChI=1S/C23H22N2O4S/c1-3-25-21-14-9-16(23(26)24-17-10-12-18(13-11-17)29-4-2)15-20(21)19-7-5-6-8-22(19)30(25,27)28/h5-15H,3-4H2,1-2H3,(H,24,26). The first-order valence-electron chi connectivity index (χ1n) is 9.76. The van der Waals surface area contributed by atoms with Crippen LogP contribution in [0.2, 0.25) is 0 Å². The van der Waals surface area contributed by atoms with Gasteiger partial charge in [0.25, 0.3) is 15.9 Å². The second kappa shape index (κ2) is 7.84. The highest BCUT2D eigenvalue weighted by Gasteiger charge is 2.34. The molecule has 1 amide bonds. The lowest BCUT2D eigenvalue weighted by Crippen LogP contribution is -2.34. The molecule has 0 aromatic heterocycles. The Bertz CT molecular complexity index is 1200. The third kappa shape index (κ3) is 3.41. The highest BCUT2D eigenvalue weighted by molar-refractivity contribution is 7.93. The molecule has 0 atom stereocenters. The average Bonchev–Trinajstić information content (AvgIpc) is 2.75. The Balaban J connectivity index is 1.69. The normalized spacial score (nSPS) is 13.9. The van der Waals surface area contributed by atoms with Crippen LogP contribution in [0.25, 0.3) is 11.1 Å². The molecule has 1 N–H and O–H groups in total. The number of hydrogen-bond acceptors (Lipinski definition) is 4. The van der Waals surface area contributed by atoms with Crippen LogP contribution in [0.5, 0.6) is 5.75 Å². The molecule has 0 radical (unpaired) electrons. The van der Waals surface area contributed by atoms with E-state index in [4.69, 9.17) is 4.74 Å². The van der Waals surface area contributed by atoms with E-state index in [0.717, 1.165) is 11.3 Å². The third-order valence-corrected chi connectivity index (χ3v) is 6.93. The summed E-state index contributed by atoms with van der Waals surface area (Å²) in [5, 5.41) is 2.87. The molecule has 1 heterocycles. The lowest BCUT2D eigenvalue weighted by Gasteiger charge is -2.31. The number of benzene rings is 3. The number of sulfonamides is 1.